The Kier molecular flexibility index (Phi) is 16.1. The third kappa shape index (κ3) is 17.4. The lowest BCUT2D eigenvalue weighted by Gasteiger charge is -2.17. The Morgan fingerprint density at radius 3 is 1.77 bits per heavy atom. The predicted molar refractivity (Wildman–Crippen MR) is 105 cm³/mol. The molecule has 0 radical (unpaired) electrons. The van der Waals surface area contributed by atoms with Crippen LogP contribution >= 0.6 is 0 Å². The summed E-state index contributed by atoms with van der Waals surface area (Å²) in [7, 11) is 0. The molecule has 5 nitrogen and oxygen atoms in total. The Morgan fingerprint density at radius 1 is 0.808 bits per heavy atom. The van der Waals surface area contributed by atoms with E-state index in [1.165, 1.54) is 71.6 Å². The lowest BCUT2D eigenvalue weighted by molar-refractivity contribution is -0.143. The molecule has 1 unspecified atom stereocenters. The Hall–Kier alpha value is -1.39. The van der Waals surface area contributed by atoms with Gasteiger partial charge in [-0.25, -0.2) is 0 Å². The summed E-state index contributed by atoms with van der Waals surface area (Å²) in [6, 6.07) is -0.420. The number of unbranched alkanes of at least 4 members (excludes halogenated alkanes) is 10. The van der Waals surface area contributed by atoms with Crippen LogP contribution in [0.25, 0.3) is 0 Å². The summed E-state index contributed by atoms with van der Waals surface area (Å²) in [5.41, 5.74) is 0. The zero-order chi connectivity index (χ0) is 19.6. The lowest BCUT2D eigenvalue weighted by Crippen LogP contribution is -2.39. The molecular weight excluding hydrogens is 330 g/mol. The van der Waals surface area contributed by atoms with Gasteiger partial charge in [0.1, 0.15) is 12.4 Å². The maximum Gasteiger partial charge on any atom is 0.302 e. The molecule has 152 valence electrons. The van der Waals surface area contributed by atoms with E-state index in [2.05, 4.69) is 12.2 Å². The number of ketones is 1. The molecule has 26 heavy (non-hydrogen) atoms. The monoisotopic (exact) mass is 369 g/mol. The number of hydrogen-bond acceptors (Lipinski definition) is 4. The van der Waals surface area contributed by atoms with Crippen LogP contribution in [0.15, 0.2) is 0 Å². The summed E-state index contributed by atoms with van der Waals surface area (Å²) in [5.74, 6) is -0.505. The van der Waals surface area contributed by atoms with Crippen LogP contribution in [0.4, 0.5) is 0 Å². The van der Waals surface area contributed by atoms with Crippen molar-refractivity contribution in [3.05, 3.63) is 0 Å². The molecule has 0 saturated heterocycles. The van der Waals surface area contributed by atoms with Gasteiger partial charge >= 0.3 is 5.97 Å². The highest BCUT2D eigenvalue weighted by Crippen LogP contribution is 2.12. The van der Waals surface area contributed by atoms with E-state index in [1.807, 2.05) is 0 Å². The van der Waals surface area contributed by atoms with E-state index in [-0.39, 0.29) is 24.7 Å². The van der Waals surface area contributed by atoms with Gasteiger partial charge in [-0.1, -0.05) is 71.1 Å². The summed E-state index contributed by atoms with van der Waals surface area (Å²) in [4.78, 5) is 34.1. The van der Waals surface area contributed by atoms with Crippen molar-refractivity contribution in [1.82, 2.24) is 5.32 Å². The molecule has 0 bridgehead atoms. The van der Waals surface area contributed by atoms with E-state index in [0.717, 1.165) is 12.8 Å². The van der Waals surface area contributed by atoms with E-state index in [9.17, 15) is 14.4 Å². The third-order valence-electron chi connectivity index (χ3n) is 4.39. The number of carbonyl (C=O) groups excluding carboxylic acids is 3. The van der Waals surface area contributed by atoms with Gasteiger partial charge < -0.3 is 10.1 Å². The van der Waals surface area contributed by atoms with Crippen LogP contribution in [0, 0.1) is 0 Å². The minimum atomic E-state index is -0.420. The number of hydrogen-bond donors (Lipinski definition) is 1. The van der Waals surface area contributed by atoms with Gasteiger partial charge in [0.15, 0.2) is 0 Å². The molecule has 0 aromatic heterocycles. The molecule has 1 N–H and O–H groups in total. The summed E-state index contributed by atoms with van der Waals surface area (Å²) < 4.78 is 4.91. The van der Waals surface area contributed by atoms with Crippen LogP contribution < -0.4 is 5.32 Å². The van der Waals surface area contributed by atoms with Crippen molar-refractivity contribution in [1.29, 1.82) is 0 Å². The van der Waals surface area contributed by atoms with Gasteiger partial charge in [0.25, 0.3) is 0 Å². The van der Waals surface area contributed by atoms with E-state index in [4.69, 9.17) is 4.74 Å². The number of rotatable bonds is 17. The number of carbonyl (C=O) groups is 3. The van der Waals surface area contributed by atoms with Gasteiger partial charge in [0.2, 0.25) is 5.91 Å². The molecule has 0 rings (SSSR count). The SMILES string of the molecule is CCCCCCCCCCCCCC(=O)NC(COC(C)=O)CC(C)=O. The number of nitrogens with one attached hydrogen (secondary N) is 1. The van der Waals surface area contributed by atoms with E-state index < -0.39 is 12.0 Å². The second-order valence-corrected chi connectivity index (χ2v) is 7.26. The first kappa shape index (κ1) is 24.6. The molecule has 0 fully saturated rings. The first-order valence-electron chi connectivity index (χ1n) is 10.4. The van der Waals surface area contributed by atoms with Crippen molar-refractivity contribution in [2.75, 3.05) is 6.61 Å². The van der Waals surface area contributed by atoms with Crippen molar-refractivity contribution in [3.63, 3.8) is 0 Å². The molecule has 0 heterocycles. The third-order valence-corrected chi connectivity index (χ3v) is 4.39. The van der Waals surface area contributed by atoms with Gasteiger partial charge in [-0.3, -0.25) is 14.4 Å². The highest BCUT2D eigenvalue weighted by atomic mass is 16.5. The van der Waals surface area contributed by atoms with Crippen LogP contribution in [0.5, 0.6) is 0 Å². The molecule has 0 aromatic rings. The molecule has 0 spiro atoms. The first-order valence-corrected chi connectivity index (χ1v) is 10.4. The summed E-state index contributed by atoms with van der Waals surface area (Å²) >= 11 is 0. The van der Waals surface area contributed by atoms with Crippen LogP contribution in [0.1, 0.15) is 104 Å². The van der Waals surface area contributed by atoms with Crippen molar-refractivity contribution in [2.24, 2.45) is 0 Å². The van der Waals surface area contributed by atoms with Crippen LogP contribution in [0.2, 0.25) is 0 Å². The van der Waals surface area contributed by atoms with Crippen molar-refractivity contribution < 1.29 is 19.1 Å². The molecule has 0 aliphatic carbocycles. The molecule has 0 aliphatic rings. The Labute approximate surface area is 159 Å². The maximum absolute atomic E-state index is 12.0. The number of Topliss-reactive ketones (excluding diaryl/α,β-unsaturated/α-hetero) is 1. The van der Waals surface area contributed by atoms with Gasteiger partial charge in [-0.15, -0.1) is 0 Å². The highest BCUT2D eigenvalue weighted by molar-refractivity contribution is 5.79. The van der Waals surface area contributed by atoms with Crippen molar-refractivity contribution in [2.45, 2.75) is 110 Å². The standard InChI is InChI=1S/C21H39NO4/c1-4-5-6-7-8-9-10-11-12-13-14-15-21(25)22-20(16-18(2)23)17-26-19(3)24/h20H,4-17H2,1-3H3,(H,22,25). The Morgan fingerprint density at radius 2 is 1.31 bits per heavy atom. The fraction of sp³-hybridized carbons (Fsp3) is 0.857. The molecule has 1 atom stereocenters. The van der Waals surface area contributed by atoms with Gasteiger partial charge in [0.05, 0.1) is 6.04 Å². The molecule has 0 aromatic carbocycles. The molecule has 1 amide bonds. The van der Waals surface area contributed by atoms with Crippen molar-refractivity contribution >= 4 is 17.7 Å². The number of amides is 1. The summed E-state index contributed by atoms with van der Waals surface area (Å²) in [5, 5.41) is 2.80. The number of esters is 1. The minimum Gasteiger partial charge on any atom is -0.464 e. The van der Waals surface area contributed by atoms with E-state index >= 15 is 0 Å². The second-order valence-electron chi connectivity index (χ2n) is 7.26. The average molecular weight is 370 g/mol. The predicted octanol–water partition coefficient (Wildman–Crippen LogP) is 4.71. The molecule has 0 saturated carbocycles. The van der Waals surface area contributed by atoms with Crippen molar-refractivity contribution in [3.8, 4) is 0 Å². The smallest absolute Gasteiger partial charge is 0.302 e. The van der Waals surface area contributed by atoms with Crippen LogP contribution in [-0.4, -0.2) is 30.3 Å². The summed E-state index contributed by atoms with van der Waals surface area (Å²) in [6.45, 7) is 5.08. The maximum atomic E-state index is 12.0. The zero-order valence-electron chi connectivity index (χ0n) is 17.1. The minimum absolute atomic E-state index is 0.0304. The topological polar surface area (TPSA) is 72.5 Å². The van der Waals surface area contributed by atoms with Crippen LogP contribution in [0.3, 0.4) is 0 Å². The first-order chi connectivity index (χ1) is 12.5. The van der Waals surface area contributed by atoms with Gasteiger partial charge in [-0.2, -0.15) is 0 Å². The molecule has 5 heteroatoms. The fourth-order valence-electron chi connectivity index (χ4n) is 2.97. The fourth-order valence-corrected chi connectivity index (χ4v) is 2.97. The molecule has 0 aliphatic heterocycles. The lowest BCUT2D eigenvalue weighted by atomic mass is 10.1. The number of ether oxygens (including phenoxy) is 1. The average Bonchev–Trinajstić information content (AvgIpc) is 2.57. The summed E-state index contributed by atoms with van der Waals surface area (Å²) in [6.07, 6.45) is 14.4. The normalized spacial score (nSPS) is 11.8. The Balaban J connectivity index is 3.66. The van der Waals surface area contributed by atoms with Crippen LogP contribution in [-0.2, 0) is 19.1 Å². The quantitative estimate of drug-likeness (QED) is 0.297. The van der Waals surface area contributed by atoms with E-state index in [0.29, 0.717) is 6.42 Å². The van der Waals surface area contributed by atoms with E-state index in [1.54, 1.807) is 0 Å². The molecular formula is C21H39NO4. The highest BCUT2D eigenvalue weighted by Gasteiger charge is 2.15. The van der Waals surface area contributed by atoms with Gasteiger partial charge in [-0.05, 0) is 13.3 Å². The Bertz CT molecular complexity index is 395. The largest absolute Gasteiger partial charge is 0.464 e. The zero-order valence-corrected chi connectivity index (χ0v) is 17.1. The van der Waals surface area contributed by atoms with Gasteiger partial charge in [0, 0.05) is 19.8 Å². The second kappa shape index (κ2) is 17.0.